The van der Waals surface area contributed by atoms with Crippen LogP contribution >= 0.6 is 0 Å². The summed E-state index contributed by atoms with van der Waals surface area (Å²) in [5.74, 6) is 8.20. The van der Waals surface area contributed by atoms with Crippen molar-refractivity contribution in [2.45, 2.75) is 40.5 Å². The van der Waals surface area contributed by atoms with E-state index in [2.05, 4.69) is 21.9 Å². The molecule has 52 heavy (non-hydrogen) atoms. The highest BCUT2D eigenvalue weighted by atomic mass is 16.6. The van der Waals surface area contributed by atoms with E-state index >= 15 is 0 Å². The summed E-state index contributed by atoms with van der Waals surface area (Å²) in [5, 5.41) is 29.3. The molecule has 0 saturated carbocycles. The SMILES string of the molecule is COc1ccc(CC(C(C)=O)C(C)=O)cc1-c1cccc([N+](=O)[O-])c1.COc1ccc(Cc2c(C)n[nH]c2C)cc1-c1cccc([N+](=O)[O-])c1.NN. The molecule has 5 N–H and O–H groups in total. The van der Waals surface area contributed by atoms with Crippen LogP contribution in [0.4, 0.5) is 11.4 Å². The monoisotopic (exact) mass is 710 g/mol. The van der Waals surface area contributed by atoms with Gasteiger partial charge in [-0.1, -0.05) is 36.4 Å². The first kappa shape index (κ1) is 40.2. The molecule has 14 nitrogen and oxygen atoms in total. The quantitative estimate of drug-likeness (QED) is 0.0540. The fourth-order valence-electron chi connectivity index (χ4n) is 5.62. The number of aromatic nitrogens is 2. The van der Waals surface area contributed by atoms with Crippen LogP contribution in [0.3, 0.4) is 0 Å². The number of aryl methyl sites for hydroxylation is 2. The molecule has 272 valence electrons. The molecular weight excluding hydrogens is 668 g/mol. The van der Waals surface area contributed by atoms with E-state index in [1.54, 1.807) is 49.6 Å². The summed E-state index contributed by atoms with van der Waals surface area (Å²) in [5.41, 5.74) is 8.01. The van der Waals surface area contributed by atoms with Crippen LogP contribution in [0.1, 0.15) is 41.9 Å². The zero-order valence-electron chi connectivity index (χ0n) is 29.8. The smallest absolute Gasteiger partial charge is 0.270 e. The Hall–Kier alpha value is -6.25. The predicted molar refractivity (Wildman–Crippen MR) is 198 cm³/mol. The second-order valence-electron chi connectivity index (χ2n) is 11.8. The number of rotatable bonds is 12. The van der Waals surface area contributed by atoms with Gasteiger partial charge in [-0.3, -0.25) is 46.6 Å². The molecule has 1 heterocycles. The zero-order chi connectivity index (χ0) is 38.5. The van der Waals surface area contributed by atoms with Crippen molar-refractivity contribution in [1.82, 2.24) is 10.2 Å². The first-order chi connectivity index (χ1) is 24.8. The lowest BCUT2D eigenvalue weighted by Crippen LogP contribution is -2.21. The van der Waals surface area contributed by atoms with Crippen molar-refractivity contribution in [2.24, 2.45) is 17.6 Å². The molecule has 0 radical (unpaired) electrons. The molecule has 0 fully saturated rings. The van der Waals surface area contributed by atoms with Crippen molar-refractivity contribution in [3.05, 3.63) is 133 Å². The van der Waals surface area contributed by atoms with E-state index in [1.807, 2.05) is 38.1 Å². The summed E-state index contributed by atoms with van der Waals surface area (Å²) < 4.78 is 10.8. The lowest BCUT2D eigenvalue weighted by molar-refractivity contribution is -0.385. The third kappa shape index (κ3) is 10.2. The van der Waals surface area contributed by atoms with Crippen molar-refractivity contribution in [3.8, 4) is 33.8 Å². The molecule has 5 rings (SSSR count). The number of hydrazine groups is 1. The van der Waals surface area contributed by atoms with Crippen molar-refractivity contribution in [1.29, 1.82) is 0 Å². The van der Waals surface area contributed by atoms with Gasteiger partial charge in [0, 0.05) is 53.1 Å². The number of nitrogens with one attached hydrogen (secondary N) is 1. The number of nitrogens with zero attached hydrogens (tertiary/aromatic N) is 3. The maximum atomic E-state index is 11.7. The molecule has 0 saturated heterocycles. The van der Waals surface area contributed by atoms with Gasteiger partial charge in [0.15, 0.2) is 0 Å². The molecule has 0 aliphatic carbocycles. The fourth-order valence-corrected chi connectivity index (χ4v) is 5.62. The topological polar surface area (TPSA) is 220 Å². The van der Waals surface area contributed by atoms with Crippen molar-refractivity contribution in [3.63, 3.8) is 0 Å². The Kier molecular flexibility index (Phi) is 14.4. The van der Waals surface area contributed by atoms with E-state index in [0.29, 0.717) is 22.6 Å². The number of H-pyrrole nitrogens is 1. The first-order valence-electron chi connectivity index (χ1n) is 16.0. The number of Topliss-reactive ketones (excluding diaryl/α,β-unsaturated/α-hetero) is 2. The fraction of sp³-hybridized carbons (Fsp3) is 0.237. The number of methoxy groups -OCH3 is 2. The van der Waals surface area contributed by atoms with Crippen LogP contribution in [0.5, 0.6) is 11.5 Å². The summed E-state index contributed by atoms with van der Waals surface area (Å²) in [4.78, 5) is 44.5. The Balaban J connectivity index is 0.000000268. The number of ketones is 2. The third-order valence-corrected chi connectivity index (χ3v) is 8.35. The van der Waals surface area contributed by atoms with Gasteiger partial charge in [0.25, 0.3) is 11.4 Å². The van der Waals surface area contributed by atoms with Crippen molar-refractivity contribution in [2.75, 3.05) is 14.2 Å². The Bertz CT molecular complexity index is 2030. The standard InChI is InChI=1S/C19H19N3O3.C19H19NO5.H4N2/c1-12-17(13(2)21-20-12)9-14-7-8-19(25-3)18(10-14)15-5-4-6-16(11-15)22(23)24;1-12(21)17(13(2)22)9-14-7-8-19(25-3)18(10-14)15-5-4-6-16(11-15)20(23)24;1-2/h4-8,10-11H,9H2,1-3H3,(H,20,21);4-8,10-11,17H,9H2,1-3H3;1-2H2. The van der Waals surface area contributed by atoms with Gasteiger partial charge >= 0.3 is 0 Å². The molecular formula is C38H42N6O8. The number of ether oxygens (including phenoxy) is 2. The highest BCUT2D eigenvalue weighted by Gasteiger charge is 2.21. The molecule has 5 aromatic rings. The van der Waals surface area contributed by atoms with Crippen LogP contribution in [-0.4, -0.2) is 45.8 Å². The molecule has 0 spiro atoms. The number of hydrogen-bond acceptors (Lipinski definition) is 11. The number of nitro benzene ring substituents is 2. The minimum atomic E-state index is -0.689. The molecule has 0 unspecified atom stereocenters. The maximum Gasteiger partial charge on any atom is 0.270 e. The van der Waals surface area contributed by atoms with Gasteiger partial charge in [-0.25, -0.2) is 0 Å². The largest absolute Gasteiger partial charge is 0.496 e. The van der Waals surface area contributed by atoms with E-state index < -0.39 is 15.8 Å². The Morgan fingerprint density at radius 1 is 0.750 bits per heavy atom. The number of hydrogen-bond donors (Lipinski definition) is 3. The van der Waals surface area contributed by atoms with Crippen molar-refractivity contribution >= 4 is 22.9 Å². The van der Waals surface area contributed by atoms with Crippen LogP contribution in [-0.2, 0) is 22.4 Å². The Labute approximate surface area is 301 Å². The van der Waals surface area contributed by atoms with Crippen LogP contribution in [0.2, 0.25) is 0 Å². The van der Waals surface area contributed by atoms with Gasteiger partial charge in [-0.2, -0.15) is 5.10 Å². The number of benzene rings is 4. The summed E-state index contributed by atoms with van der Waals surface area (Å²) >= 11 is 0. The number of aromatic amines is 1. The van der Waals surface area contributed by atoms with E-state index in [1.165, 1.54) is 39.2 Å². The molecule has 14 heteroatoms. The minimum Gasteiger partial charge on any atom is -0.496 e. The second kappa shape index (κ2) is 18.7. The molecule has 0 aliphatic heterocycles. The molecule has 0 atom stereocenters. The van der Waals surface area contributed by atoms with Crippen LogP contribution in [0, 0.1) is 40.0 Å². The normalized spacial score (nSPS) is 10.3. The first-order valence-corrected chi connectivity index (χ1v) is 16.0. The summed E-state index contributed by atoms with van der Waals surface area (Å²) in [6.45, 7) is 6.78. The maximum absolute atomic E-state index is 11.7. The Morgan fingerprint density at radius 2 is 1.21 bits per heavy atom. The van der Waals surface area contributed by atoms with Gasteiger partial charge in [-0.15, -0.1) is 0 Å². The molecule has 4 aromatic carbocycles. The average Bonchev–Trinajstić information content (AvgIpc) is 3.46. The average molecular weight is 711 g/mol. The van der Waals surface area contributed by atoms with Crippen LogP contribution < -0.4 is 21.2 Å². The number of carbonyl (C=O) groups is 2. The number of nitro groups is 2. The Morgan fingerprint density at radius 3 is 1.62 bits per heavy atom. The third-order valence-electron chi connectivity index (χ3n) is 8.35. The van der Waals surface area contributed by atoms with E-state index in [-0.39, 0.29) is 29.4 Å². The van der Waals surface area contributed by atoms with Gasteiger partial charge in [0.2, 0.25) is 0 Å². The van der Waals surface area contributed by atoms with E-state index in [9.17, 15) is 29.8 Å². The highest BCUT2D eigenvalue weighted by Crippen LogP contribution is 2.35. The molecule has 0 amide bonds. The number of nitrogens with two attached hydrogens (primary N) is 2. The van der Waals surface area contributed by atoms with Gasteiger partial charge in [0.05, 0.1) is 35.7 Å². The van der Waals surface area contributed by atoms with Crippen LogP contribution in [0.15, 0.2) is 84.9 Å². The highest BCUT2D eigenvalue weighted by molar-refractivity contribution is 6.00. The minimum absolute atomic E-state index is 0.0182. The summed E-state index contributed by atoms with van der Waals surface area (Å²) in [6.07, 6.45) is 1.02. The lowest BCUT2D eigenvalue weighted by atomic mass is 9.91. The summed E-state index contributed by atoms with van der Waals surface area (Å²) in [6, 6.07) is 24.1. The summed E-state index contributed by atoms with van der Waals surface area (Å²) in [7, 11) is 3.12. The molecule has 0 aliphatic rings. The number of carbonyl (C=O) groups excluding carboxylic acids is 2. The second-order valence-corrected chi connectivity index (χ2v) is 11.8. The van der Waals surface area contributed by atoms with Gasteiger partial charge in [-0.05, 0) is 80.6 Å². The van der Waals surface area contributed by atoms with E-state index in [4.69, 9.17) is 9.47 Å². The predicted octanol–water partition coefficient (Wildman–Crippen LogP) is 6.63. The van der Waals surface area contributed by atoms with Crippen molar-refractivity contribution < 1.29 is 28.9 Å². The lowest BCUT2D eigenvalue weighted by Gasteiger charge is -2.14. The molecule has 0 bridgehead atoms. The van der Waals surface area contributed by atoms with Gasteiger partial charge < -0.3 is 9.47 Å². The number of non-ortho nitro benzene ring substituents is 2. The zero-order valence-corrected chi connectivity index (χ0v) is 29.8. The van der Waals surface area contributed by atoms with E-state index in [0.717, 1.165) is 45.6 Å². The van der Waals surface area contributed by atoms with Gasteiger partial charge in [0.1, 0.15) is 23.1 Å². The molecule has 1 aromatic heterocycles. The van der Waals surface area contributed by atoms with Crippen LogP contribution in [0.25, 0.3) is 22.3 Å².